The van der Waals surface area contributed by atoms with Crippen LogP contribution in [-0.2, 0) is 11.3 Å². The lowest BCUT2D eigenvalue weighted by Gasteiger charge is -2.09. The zero-order chi connectivity index (χ0) is 10.7. The maximum atomic E-state index is 11.7. The summed E-state index contributed by atoms with van der Waals surface area (Å²) in [5, 5.41) is 2.88. The average Bonchev–Trinajstić information content (AvgIpc) is 2.84. The summed E-state index contributed by atoms with van der Waals surface area (Å²) in [5.41, 5.74) is 6.68. The molecule has 0 radical (unpaired) electrons. The molecular formula is C10H16N4O. The number of rotatable bonds is 3. The summed E-state index contributed by atoms with van der Waals surface area (Å²) in [5.74, 6) is 0.209. The Bertz CT molecular complexity index is 322. The second-order valence-corrected chi connectivity index (χ2v) is 4.06. The Labute approximate surface area is 88.5 Å². The molecule has 0 saturated heterocycles. The third-order valence-electron chi connectivity index (χ3n) is 2.85. The van der Waals surface area contributed by atoms with E-state index in [-0.39, 0.29) is 17.9 Å². The Morgan fingerprint density at radius 2 is 2.53 bits per heavy atom. The number of aromatic nitrogens is 2. The van der Waals surface area contributed by atoms with Crippen LogP contribution in [0.2, 0.25) is 0 Å². The fourth-order valence-corrected chi connectivity index (χ4v) is 1.96. The first-order chi connectivity index (χ1) is 7.25. The Morgan fingerprint density at radius 3 is 3.13 bits per heavy atom. The van der Waals surface area contributed by atoms with Gasteiger partial charge in [-0.3, -0.25) is 4.79 Å². The maximum Gasteiger partial charge on any atom is 0.223 e. The van der Waals surface area contributed by atoms with Crippen molar-refractivity contribution in [3.63, 3.8) is 0 Å². The van der Waals surface area contributed by atoms with Crippen LogP contribution >= 0.6 is 0 Å². The lowest BCUT2D eigenvalue weighted by atomic mass is 10.1. The number of nitrogens with two attached hydrogens (primary N) is 1. The molecule has 1 saturated carbocycles. The van der Waals surface area contributed by atoms with Gasteiger partial charge in [-0.25, -0.2) is 4.98 Å². The SMILES string of the molecule is NC1CCC(C(=O)NCc2cnc[nH]2)C1. The number of nitrogens with zero attached hydrogens (tertiary/aromatic N) is 1. The van der Waals surface area contributed by atoms with Crippen molar-refractivity contribution in [1.82, 2.24) is 15.3 Å². The van der Waals surface area contributed by atoms with Crippen molar-refractivity contribution in [2.75, 3.05) is 0 Å². The van der Waals surface area contributed by atoms with Gasteiger partial charge in [0.2, 0.25) is 5.91 Å². The fourth-order valence-electron chi connectivity index (χ4n) is 1.96. The molecular weight excluding hydrogens is 192 g/mol. The molecule has 2 atom stereocenters. The van der Waals surface area contributed by atoms with E-state index in [4.69, 9.17) is 5.73 Å². The van der Waals surface area contributed by atoms with Crippen LogP contribution in [0.5, 0.6) is 0 Å². The molecule has 1 fully saturated rings. The highest BCUT2D eigenvalue weighted by Crippen LogP contribution is 2.23. The van der Waals surface area contributed by atoms with Crippen molar-refractivity contribution < 1.29 is 4.79 Å². The van der Waals surface area contributed by atoms with E-state index >= 15 is 0 Å². The molecule has 1 aromatic rings. The van der Waals surface area contributed by atoms with Gasteiger partial charge in [0.1, 0.15) is 0 Å². The standard InChI is InChI=1S/C10H16N4O/c11-8-2-1-7(3-8)10(15)13-5-9-4-12-6-14-9/h4,6-8H,1-3,5,11H2,(H,12,14)(H,13,15). The highest BCUT2D eigenvalue weighted by Gasteiger charge is 2.27. The van der Waals surface area contributed by atoms with Crippen molar-refractivity contribution in [3.8, 4) is 0 Å². The van der Waals surface area contributed by atoms with E-state index in [0.717, 1.165) is 25.0 Å². The van der Waals surface area contributed by atoms with Crippen LogP contribution in [-0.4, -0.2) is 21.9 Å². The van der Waals surface area contributed by atoms with Crippen LogP contribution in [0.15, 0.2) is 12.5 Å². The van der Waals surface area contributed by atoms with Gasteiger partial charge in [0.25, 0.3) is 0 Å². The molecule has 5 heteroatoms. The molecule has 2 unspecified atom stereocenters. The second kappa shape index (κ2) is 4.44. The van der Waals surface area contributed by atoms with E-state index in [2.05, 4.69) is 15.3 Å². The van der Waals surface area contributed by atoms with E-state index in [0.29, 0.717) is 6.54 Å². The molecule has 1 amide bonds. The minimum absolute atomic E-state index is 0.0999. The molecule has 1 aromatic heterocycles. The quantitative estimate of drug-likeness (QED) is 0.661. The zero-order valence-electron chi connectivity index (χ0n) is 8.57. The number of hydrogen-bond acceptors (Lipinski definition) is 3. The number of aromatic amines is 1. The monoisotopic (exact) mass is 208 g/mol. The number of amides is 1. The predicted molar refractivity (Wildman–Crippen MR) is 55.8 cm³/mol. The Hall–Kier alpha value is -1.36. The molecule has 0 aliphatic heterocycles. The van der Waals surface area contributed by atoms with Crippen molar-refractivity contribution in [2.24, 2.45) is 11.7 Å². The van der Waals surface area contributed by atoms with Crippen molar-refractivity contribution in [3.05, 3.63) is 18.2 Å². The second-order valence-electron chi connectivity index (χ2n) is 4.06. The molecule has 4 N–H and O–H groups in total. The zero-order valence-corrected chi connectivity index (χ0v) is 8.57. The first-order valence-electron chi connectivity index (χ1n) is 5.26. The lowest BCUT2D eigenvalue weighted by molar-refractivity contribution is -0.125. The minimum Gasteiger partial charge on any atom is -0.350 e. The molecule has 15 heavy (non-hydrogen) atoms. The summed E-state index contributed by atoms with van der Waals surface area (Å²) in [4.78, 5) is 18.5. The number of H-pyrrole nitrogens is 1. The van der Waals surface area contributed by atoms with Gasteiger partial charge in [0.05, 0.1) is 18.6 Å². The molecule has 82 valence electrons. The van der Waals surface area contributed by atoms with Crippen LogP contribution in [0.4, 0.5) is 0 Å². The first-order valence-corrected chi connectivity index (χ1v) is 5.26. The van der Waals surface area contributed by atoms with Crippen molar-refractivity contribution in [1.29, 1.82) is 0 Å². The highest BCUT2D eigenvalue weighted by molar-refractivity contribution is 5.78. The third kappa shape index (κ3) is 2.56. The third-order valence-corrected chi connectivity index (χ3v) is 2.85. The van der Waals surface area contributed by atoms with Crippen LogP contribution < -0.4 is 11.1 Å². The van der Waals surface area contributed by atoms with Gasteiger partial charge in [0.15, 0.2) is 0 Å². The highest BCUT2D eigenvalue weighted by atomic mass is 16.1. The Kier molecular flexibility index (Phi) is 3.01. The molecule has 1 aliphatic rings. The maximum absolute atomic E-state index is 11.7. The molecule has 5 nitrogen and oxygen atoms in total. The van der Waals surface area contributed by atoms with E-state index in [1.54, 1.807) is 12.5 Å². The van der Waals surface area contributed by atoms with E-state index in [1.807, 2.05) is 0 Å². The van der Waals surface area contributed by atoms with Crippen molar-refractivity contribution in [2.45, 2.75) is 31.8 Å². The number of imidazole rings is 1. The molecule has 1 heterocycles. The van der Waals surface area contributed by atoms with Crippen LogP contribution in [0.1, 0.15) is 25.0 Å². The summed E-state index contributed by atoms with van der Waals surface area (Å²) in [6.45, 7) is 0.518. The van der Waals surface area contributed by atoms with Gasteiger partial charge in [-0.1, -0.05) is 0 Å². The summed E-state index contributed by atoms with van der Waals surface area (Å²) in [6, 6.07) is 0.202. The van der Waals surface area contributed by atoms with Gasteiger partial charge < -0.3 is 16.0 Å². The summed E-state index contributed by atoms with van der Waals surface area (Å²) >= 11 is 0. The normalized spacial score (nSPS) is 25.4. The van der Waals surface area contributed by atoms with Crippen LogP contribution in [0.3, 0.4) is 0 Å². The van der Waals surface area contributed by atoms with Gasteiger partial charge in [-0.15, -0.1) is 0 Å². The fraction of sp³-hybridized carbons (Fsp3) is 0.600. The van der Waals surface area contributed by atoms with E-state index in [9.17, 15) is 4.79 Å². The molecule has 0 bridgehead atoms. The smallest absolute Gasteiger partial charge is 0.223 e. The number of hydrogen-bond donors (Lipinski definition) is 3. The van der Waals surface area contributed by atoms with Gasteiger partial charge >= 0.3 is 0 Å². The largest absolute Gasteiger partial charge is 0.350 e. The Balaban J connectivity index is 1.78. The molecule has 1 aliphatic carbocycles. The average molecular weight is 208 g/mol. The van der Waals surface area contributed by atoms with Gasteiger partial charge in [0, 0.05) is 18.2 Å². The first kappa shape index (κ1) is 10.2. The summed E-state index contributed by atoms with van der Waals surface area (Å²) in [6.07, 6.45) is 6.00. The molecule has 2 rings (SSSR count). The van der Waals surface area contributed by atoms with E-state index in [1.165, 1.54) is 0 Å². The molecule has 0 aromatic carbocycles. The summed E-state index contributed by atoms with van der Waals surface area (Å²) in [7, 11) is 0. The van der Waals surface area contributed by atoms with Crippen molar-refractivity contribution >= 4 is 5.91 Å². The minimum atomic E-state index is 0.0999. The summed E-state index contributed by atoms with van der Waals surface area (Å²) < 4.78 is 0. The lowest BCUT2D eigenvalue weighted by Crippen LogP contribution is -2.30. The topological polar surface area (TPSA) is 83.8 Å². The van der Waals surface area contributed by atoms with E-state index < -0.39 is 0 Å². The Morgan fingerprint density at radius 1 is 1.67 bits per heavy atom. The van der Waals surface area contributed by atoms with Gasteiger partial charge in [-0.2, -0.15) is 0 Å². The number of carbonyl (C=O) groups excluding carboxylic acids is 1. The number of carbonyl (C=O) groups is 1. The number of nitrogens with one attached hydrogen (secondary N) is 2. The predicted octanol–water partition coefficient (Wildman–Crippen LogP) is 0.153. The van der Waals surface area contributed by atoms with Gasteiger partial charge in [-0.05, 0) is 19.3 Å². The van der Waals surface area contributed by atoms with Crippen LogP contribution in [0.25, 0.3) is 0 Å². The van der Waals surface area contributed by atoms with Crippen LogP contribution in [0, 0.1) is 5.92 Å². The molecule has 0 spiro atoms.